The summed E-state index contributed by atoms with van der Waals surface area (Å²) in [5.74, 6) is 2.71. The number of methoxy groups -OCH3 is 4. The maximum atomic E-state index is 12.0. The van der Waals surface area contributed by atoms with Crippen LogP contribution in [0, 0.1) is 0 Å². The molecule has 148 valence electrons. The van der Waals surface area contributed by atoms with E-state index in [-0.39, 0.29) is 8.46 Å². The van der Waals surface area contributed by atoms with Gasteiger partial charge in [-0.2, -0.15) is 0 Å². The molecule has 2 aromatic rings. The van der Waals surface area contributed by atoms with Crippen LogP contribution in [0.1, 0.15) is 18.1 Å². The van der Waals surface area contributed by atoms with Crippen molar-refractivity contribution in [1.82, 2.24) is 0 Å². The van der Waals surface area contributed by atoms with Crippen molar-refractivity contribution < 1.29 is 23.5 Å². The summed E-state index contributed by atoms with van der Waals surface area (Å²) in [6.07, 6.45) is 7.40. The Morgan fingerprint density at radius 1 is 0.714 bits per heavy atom. The highest BCUT2D eigenvalue weighted by Crippen LogP contribution is 2.35. The molecule has 5 nitrogen and oxygen atoms in total. The quantitative estimate of drug-likeness (QED) is 0.521. The molecule has 0 N–H and O–H groups in total. The molecule has 2 rings (SSSR count). The van der Waals surface area contributed by atoms with Crippen LogP contribution >= 0.6 is 8.46 Å². The van der Waals surface area contributed by atoms with E-state index in [4.69, 9.17) is 18.9 Å². The highest BCUT2D eigenvalue weighted by molar-refractivity contribution is 7.26. The number of allylic oxidation sites excluding steroid dienone is 2. The Labute approximate surface area is 167 Å². The molecule has 0 atom stereocenters. The number of ether oxygens (including phenoxy) is 4. The van der Waals surface area contributed by atoms with Crippen molar-refractivity contribution in [2.24, 2.45) is 0 Å². The summed E-state index contributed by atoms with van der Waals surface area (Å²) >= 11 is 0. The number of rotatable bonds is 9. The number of benzene rings is 2. The van der Waals surface area contributed by atoms with Crippen molar-refractivity contribution in [3.05, 3.63) is 59.7 Å². The van der Waals surface area contributed by atoms with Gasteiger partial charge in [0.15, 0.2) is 8.46 Å². The first-order valence-corrected chi connectivity index (χ1v) is 9.48. The largest absolute Gasteiger partial charge is 0.496 e. The van der Waals surface area contributed by atoms with Gasteiger partial charge in [-0.1, -0.05) is 24.3 Å². The molecule has 0 unspecified atom stereocenters. The molecule has 0 fully saturated rings. The van der Waals surface area contributed by atoms with Crippen LogP contribution in [0.15, 0.2) is 48.6 Å². The number of hydrogen-bond donors (Lipinski definition) is 0. The molecule has 0 radical (unpaired) electrons. The van der Waals surface area contributed by atoms with Gasteiger partial charge in [0.2, 0.25) is 0 Å². The second-order valence-corrected chi connectivity index (χ2v) is 7.28. The minimum absolute atomic E-state index is 0.0571. The molecule has 0 aliphatic carbocycles. The van der Waals surface area contributed by atoms with Gasteiger partial charge in [-0.25, -0.2) is 0 Å². The lowest BCUT2D eigenvalue weighted by Gasteiger charge is -2.15. The van der Waals surface area contributed by atoms with E-state index < -0.39 is 5.16 Å². The van der Waals surface area contributed by atoms with Crippen LogP contribution < -0.4 is 18.9 Å². The lowest BCUT2D eigenvalue weighted by molar-refractivity contribution is 0.392. The summed E-state index contributed by atoms with van der Waals surface area (Å²) in [7, 11) is 6.35. The smallest absolute Gasteiger partial charge is 0.170 e. The van der Waals surface area contributed by atoms with Crippen LogP contribution in [-0.2, 0) is 4.57 Å². The van der Waals surface area contributed by atoms with Crippen molar-refractivity contribution in [2.45, 2.75) is 12.1 Å². The topological polar surface area (TPSA) is 54.0 Å². The minimum atomic E-state index is -0.752. The Morgan fingerprint density at radius 3 is 1.29 bits per heavy atom. The third kappa shape index (κ3) is 4.93. The second-order valence-electron chi connectivity index (χ2n) is 6.14. The number of hydrogen-bond acceptors (Lipinski definition) is 5. The van der Waals surface area contributed by atoms with Gasteiger partial charge in [0.25, 0.3) is 0 Å². The molecule has 0 spiro atoms. The zero-order valence-corrected chi connectivity index (χ0v) is 17.7. The Bertz CT molecular complexity index is 763. The van der Waals surface area contributed by atoms with E-state index in [1.54, 1.807) is 28.4 Å². The molecule has 0 saturated heterocycles. The average molecular weight is 400 g/mol. The first-order valence-electron chi connectivity index (χ1n) is 8.67. The van der Waals surface area contributed by atoms with Crippen molar-refractivity contribution in [1.29, 1.82) is 0 Å². The summed E-state index contributed by atoms with van der Waals surface area (Å²) in [6, 6.07) is 11.1. The summed E-state index contributed by atoms with van der Waals surface area (Å²) in [5.41, 5.74) is 1.57. The third-order valence-corrected chi connectivity index (χ3v) is 4.99. The van der Waals surface area contributed by atoms with E-state index in [0.29, 0.717) is 23.0 Å². The van der Waals surface area contributed by atoms with Gasteiger partial charge in [-0.05, 0) is 43.3 Å². The Balaban J connectivity index is 2.41. The molecule has 28 heavy (non-hydrogen) atoms. The fourth-order valence-corrected chi connectivity index (χ4v) is 2.98. The van der Waals surface area contributed by atoms with Gasteiger partial charge in [0.1, 0.15) is 23.0 Å². The molecule has 2 aromatic carbocycles. The zero-order valence-electron chi connectivity index (χ0n) is 16.8. The van der Waals surface area contributed by atoms with Gasteiger partial charge in [0, 0.05) is 0 Å². The third-order valence-electron chi connectivity index (χ3n) is 4.30. The van der Waals surface area contributed by atoms with Crippen LogP contribution in [0.25, 0.3) is 12.2 Å². The fourth-order valence-electron chi connectivity index (χ4n) is 2.71. The van der Waals surface area contributed by atoms with Crippen LogP contribution in [0.5, 0.6) is 23.0 Å². The summed E-state index contributed by atoms with van der Waals surface area (Å²) in [6.45, 7) is 1.86. The van der Waals surface area contributed by atoms with E-state index in [2.05, 4.69) is 0 Å². The molecular formula is C22H25O5P. The molecule has 0 aliphatic heterocycles. The SMILES string of the molecule is COc1cccc(OC)c1C=CC(C)(C=Cc1c(OC)cccc1OC)P=O. The van der Waals surface area contributed by atoms with Crippen LogP contribution in [0.3, 0.4) is 0 Å². The van der Waals surface area contributed by atoms with E-state index in [0.717, 1.165) is 11.1 Å². The van der Waals surface area contributed by atoms with E-state index in [1.165, 1.54) is 0 Å². The maximum Gasteiger partial charge on any atom is 0.170 e. The molecule has 0 heterocycles. The normalized spacial score (nSPS) is 13.6. The molecule has 6 heteroatoms. The summed E-state index contributed by atoms with van der Waals surface area (Å²) in [5, 5.41) is -0.752. The average Bonchev–Trinajstić information content (AvgIpc) is 2.75. The van der Waals surface area contributed by atoms with Gasteiger partial charge in [0.05, 0.1) is 44.7 Å². The van der Waals surface area contributed by atoms with Crippen molar-refractivity contribution in [2.75, 3.05) is 28.4 Å². The lowest BCUT2D eigenvalue weighted by atomic mass is 10.0. The molecule has 0 saturated carbocycles. The van der Waals surface area contributed by atoms with E-state index >= 15 is 0 Å². The highest BCUT2D eigenvalue weighted by atomic mass is 31.1. The van der Waals surface area contributed by atoms with E-state index in [1.807, 2.05) is 67.6 Å². The van der Waals surface area contributed by atoms with Gasteiger partial charge >= 0.3 is 0 Å². The molecule has 0 bridgehead atoms. The maximum absolute atomic E-state index is 12.0. The second kappa shape index (κ2) is 9.95. The van der Waals surface area contributed by atoms with Gasteiger partial charge in [-0.3, -0.25) is 4.57 Å². The standard InChI is InChI=1S/C22H25O5P/c1-22(28-23,14-12-16-18(24-2)8-6-9-19(16)25-3)15-13-17-20(26-4)10-7-11-21(17)27-5/h6-15H,1-5H3. The van der Waals surface area contributed by atoms with Crippen molar-refractivity contribution in [3.8, 4) is 23.0 Å². The summed E-state index contributed by atoms with van der Waals surface area (Å²) in [4.78, 5) is 0. The Morgan fingerprint density at radius 2 is 1.04 bits per heavy atom. The van der Waals surface area contributed by atoms with Gasteiger partial charge < -0.3 is 18.9 Å². The van der Waals surface area contributed by atoms with Crippen molar-refractivity contribution in [3.63, 3.8) is 0 Å². The van der Waals surface area contributed by atoms with Crippen LogP contribution in [0.2, 0.25) is 0 Å². The first kappa shape index (κ1) is 21.5. The lowest BCUT2D eigenvalue weighted by Crippen LogP contribution is -2.08. The predicted octanol–water partition coefficient (Wildman–Crippen LogP) is 5.50. The Hall–Kier alpha value is -2.78. The van der Waals surface area contributed by atoms with Crippen LogP contribution in [0.4, 0.5) is 0 Å². The van der Waals surface area contributed by atoms with Crippen molar-refractivity contribution >= 4 is 20.6 Å². The minimum Gasteiger partial charge on any atom is -0.496 e. The van der Waals surface area contributed by atoms with Crippen LogP contribution in [-0.4, -0.2) is 33.6 Å². The molecular weight excluding hydrogens is 375 g/mol. The summed E-state index contributed by atoms with van der Waals surface area (Å²) < 4.78 is 33.6. The van der Waals surface area contributed by atoms with Gasteiger partial charge in [-0.15, -0.1) is 0 Å². The fraction of sp³-hybridized carbons (Fsp3) is 0.273. The molecule has 0 aliphatic rings. The molecule has 0 amide bonds. The molecule has 0 aromatic heterocycles. The predicted molar refractivity (Wildman–Crippen MR) is 113 cm³/mol. The van der Waals surface area contributed by atoms with E-state index in [9.17, 15) is 4.57 Å². The Kier molecular flexibility index (Phi) is 7.65. The zero-order chi connectivity index (χ0) is 20.6. The monoisotopic (exact) mass is 400 g/mol. The first-order chi connectivity index (χ1) is 13.5. The highest BCUT2D eigenvalue weighted by Gasteiger charge is 2.19.